The van der Waals surface area contributed by atoms with Gasteiger partial charge in [-0.2, -0.15) is 0 Å². The number of hydrogen-bond donors (Lipinski definition) is 3. The number of benzene rings is 2. The molecular formula is C15H13N3O4S. The highest BCUT2D eigenvalue weighted by molar-refractivity contribution is 7.80. The van der Waals surface area contributed by atoms with Gasteiger partial charge in [0.05, 0.1) is 10.6 Å². The van der Waals surface area contributed by atoms with E-state index in [1.807, 2.05) is 0 Å². The summed E-state index contributed by atoms with van der Waals surface area (Å²) in [6.45, 7) is 1.53. The fourth-order valence-electron chi connectivity index (χ4n) is 1.88. The first kappa shape index (κ1) is 16.4. The lowest BCUT2D eigenvalue weighted by Gasteiger charge is -2.12. The van der Waals surface area contributed by atoms with Gasteiger partial charge in [-0.15, -0.1) is 0 Å². The van der Waals surface area contributed by atoms with Crippen LogP contribution in [0.25, 0.3) is 0 Å². The van der Waals surface area contributed by atoms with Crippen molar-refractivity contribution in [2.24, 2.45) is 0 Å². The number of nitrogens with zero attached hydrogens (tertiary/aromatic N) is 1. The van der Waals surface area contributed by atoms with Gasteiger partial charge in [-0.1, -0.05) is 18.2 Å². The minimum Gasteiger partial charge on any atom is -0.505 e. The third kappa shape index (κ3) is 4.01. The van der Waals surface area contributed by atoms with E-state index in [0.29, 0.717) is 11.1 Å². The second kappa shape index (κ2) is 6.84. The monoisotopic (exact) mass is 331 g/mol. The number of rotatable bonds is 3. The van der Waals surface area contributed by atoms with E-state index in [9.17, 15) is 20.0 Å². The molecule has 0 radical (unpaired) electrons. The fourth-order valence-corrected chi connectivity index (χ4v) is 2.08. The van der Waals surface area contributed by atoms with E-state index >= 15 is 0 Å². The number of amides is 1. The van der Waals surface area contributed by atoms with E-state index in [0.717, 1.165) is 6.07 Å². The van der Waals surface area contributed by atoms with E-state index in [1.54, 1.807) is 30.3 Å². The van der Waals surface area contributed by atoms with Gasteiger partial charge in [-0.25, -0.2) is 0 Å². The molecule has 23 heavy (non-hydrogen) atoms. The normalized spacial score (nSPS) is 9.96. The van der Waals surface area contributed by atoms with Gasteiger partial charge in [0.1, 0.15) is 5.75 Å². The van der Waals surface area contributed by atoms with Gasteiger partial charge < -0.3 is 10.4 Å². The standard InChI is InChI=1S/C15H13N3O4S/c1-9-7-11(18(21)22)8-12(13(9)19)16-15(23)17-14(20)10-5-3-2-4-6-10/h2-8,19H,1H3,(H2,16,17,20,23). The summed E-state index contributed by atoms with van der Waals surface area (Å²) in [6.07, 6.45) is 0. The average molecular weight is 331 g/mol. The molecular weight excluding hydrogens is 318 g/mol. The molecule has 0 heterocycles. The summed E-state index contributed by atoms with van der Waals surface area (Å²) >= 11 is 5.00. The molecule has 2 aromatic carbocycles. The number of aryl methyl sites for hydroxylation is 1. The quantitative estimate of drug-likeness (QED) is 0.346. The van der Waals surface area contributed by atoms with Gasteiger partial charge in [0.15, 0.2) is 5.11 Å². The number of aromatic hydroxyl groups is 1. The number of carbonyl (C=O) groups excluding carboxylic acids is 1. The van der Waals surface area contributed by atoms with E-state index in [1.165, 1.54) is 13.0 Å². The number of thiocarbonyl (C=S) groups is 1. The summed E-state index contributed by atoms with van der Waals surface area (Å²) in [5, 5.41) is 25.8. The van der Waals surface area contributed by atoms with Crippen LogP contribution in [0.1, 0.15) is 15.9 Å². The molecule has 0 aromatic heterocycles. The highest BCUT2D eigenvalue weighted by Crippen LogP contribution is 2.31. The fraction of sp³-hybridized carbons (Fsp3) is 0.0667. The lowest BCUT2D eigenvalue weighted by atomic mass is 10.1. The number of nitro benzene ring substituents is 1. The molecule has 0 bridgehead atoms. The van der Waals surface area contributed by atoms with Crippen LogP contribution in [-0.2, 0) is 0 Å². The maximum absolute atomic E-state index is 12.0. The third-order valence-corrected chi connectivity index (χ3v) is 3.21. The van der Waals surface area contributed by atoms with Crippen molar-refractivity contribution in [3.63, 3.8) is 0 Å². The number of phenolic OH excluding ortho intramolecular Hbond substituents is 1. The molecule has 0 atom stereocenters. The van der Waals surface area contributed by atoms with E-state index in [2.05, 4.69) is 10.6 Å². The van der Waals surface area contributed by atoms with Crippen LogP contribution in [0.5, 0.6) is 5.75 Å². The van der Waals surface area contributed by atoms with Crippen molar-refractivity contribution in [3.8, 4) is 5.75 Å². The zero-order valence-corrected chi connectivity index (χ0v) is 12.9. The van der Waals surface area contributed by atoms with Gasteiger partial charge in [-0.3, -0.25) is 20.2 Å². The van der Waals surface area contributed by atoms with Crippen molar-refractivity contribution in [3.05, 3.63) is 63.7 Å². The second-order valence-electron chi connectivity index (χ2n) is 4.69. The molecule has 0 saturated carbocycles. The summed E-state index contributed by atoms with van der Waals surface area (Å²) in [7, 11) is 0. The van der Waals surface area contributed by atoms with Crippen molar-refractivity contribution in [2.75, 3.05) is 5.32 Å². The number of carbonyl (C=O) groups is 1. The molecule has 8 heteroatoms. The SMILES string of the molecule is Cc1cc([N+](=O)[O-])cc(NC(=S)NC(=O)c2ccccc2)c1O. The molecule has 2 rings (SSSR count). The summed E-state index contributed by atoms with van der Waals surface area (Å²) in [6, 6.07) is 10.8. The van der Waals surface area contributed by atoms with Crippen LogP contribution in [0, 0.1) is 17.0 Å². The van der Waals surface area contributed by atoms with Gasteiger partial charge in [0.25, 0.3) is 11.6 Å². The molecule has 0 fully saturated rings. The molecule has 1 amide bonds. The summed E-state index contributed by atoms with van der Waals surface area (Å²) in [5.41, 5.74) is 0.588. The minimum absolute atomic E-state index is 0.0510. The minimum atomic E-state index is -0.580. The zero-order valence-electron chi connectivity index (χ0n) is 12.1. The number of anilines is 1. The molecule has 0 spiro atoms. The number of nitro groups is 1. The molecule has 7 nitrogen and oxygen atoms in total. The highest BCUT2D eigenvalue weighted by Gasteiger charge is 2.15. The van der Waals surface area contributed by atoms with Gasteiger partial charge in [0, 0.05) is 17.7 Å². The first-order valence-corrected chi connectivity index (χ1v) is 6.94. The lowest BCUT2D eigenvalue weighted by molar-refractivity contribution is -0.384. The Morgan fingerprint density at radius 3 is 2.52 bits per heavy atom. The molecule has 0 saturated heterocycles. The molecule has 0 unspecified atom stereocenters. The number of non-ortho nitro benzene ring substituents is 1. The van der Waals surface area contributed by atoms with Crippen LogP contribution in [-0.4, -0.2) is 21.0 Å². The highest BCUT2D eigenvalue weighted by atomic mass is 32.1. The predicted octanol–water partition coefficient (Wildman–Crippen LogP) is 2.74. The van der Waals surface area contributed by atoms with Crippen LogP contribution in [0.4, 0.5) is 11.4 Å². The maximum Gasteiger partial charge on any atom is 0.272 e. The molecule has 118 valence electrons. The first-order valence-electron chi connectivity index (χ1n) is 6.54. The number of phenols is 1. The van der Waals surface area contributed by atoms with Crippen LogP contribution >= 0.6 is 12.2 Å². The van der Waals surface area contributed by atoms with Crippen LogP contribution in [0.3, 0.4) is 0 Å². The van der Waals surface area contributed by atoms with Gasteiger partial charge in [0.2, 0.25) is 0 Å². The number of nitrogens with one attached hydrogen (secondary N) is 2. The largest absolute Gasteiger partial charge is 0.505 e. The Balaban J connectivity index is 2.14. The summed E-state index contributed by atoms with van der Waals surface area (Å²) in [4.78, 5) is 22.2. The Kier molecular flexibility index (Phi) is 4.87. The zero-order chi connectivity index (χ0) is 17.0. The van der Waals surface area contributed by atoms with E-state index in [-0.39, 0.29) is 22.2 Å². The Bertz CT molecular complexity index is 778. The van der Waals surface area contributed by atoms with Crippen LogP contribution < -0.4 is 10.6 Å². The van der Waals surface area contributed by atoms with Crippen molar-refractivity contribution in [1.82, 2.24) is 5.32 Å². The van der Waals surface area contributed by atoms with Crippen molar-refractivity contribution in [1.29, 1.82) is 0 Å². The average Bonchev–Trinajstić information content (AvgIpc) is 2.52. The molecule has 2 aromatic rings. The smallest absolute Gasteiger partial charge is 0.272 e. The Morgan fingerprint density at radius 2 is 1.91 bits per heavy atom. The maximum atomic E-state index is 12.0. The molecule has 0 aliphatic heterocycles. The summed E-state index contributed by atoms with van der Waals surface area (Å²) in [5.74, 6) is -0.600. The van der Waals surface area contributed by atoms with Crippen molar-refractivity contribution >= 4 is 34.6 Å². The Labute approximate surface area is 137 Å². The number of hydrogen-bond acceptors (Lipinski definition) is 5. The topological polar surface area (TPSA) is 105 Å². The second-order valence-corrected chi connectivity index (χ2v) is 5.10. The van der Waals surface area contributed by atoms with E-state index < -0.39 is 10.8 Å². The van der Waals surface area contributed by atoms with Crippen LogP contribution in [0.15, 0.2) is 42.5 Å². The first-order chi connectivity index (χ1) is 10.9. The van der Waals surface area contributed by atoms with Crippen molar-refractivity contribution < 1.29 is 14.8 Å². The summed E-state index contributed by atoms with van der Waals surface area (Å²) < 4.78 is 0. The van der Waals surface area contributed by atoms with Gasteiger partial charge in [-0.05, 0) is 36.8 Å². The van der Waals surface area contributed by atoms with E-state index in [4.69, 9.17) is 12.2 Å². The van der Waals surface area contributed by atoms with Crippen LogP contribution in [0.2, 0.25) is 0 Å². The molecule has 0 aliphatic carbocycles. The Morgan fingerprint density at radius 1 is 1.26 bits per heavy atom. The lowest BCUT2D eigenvalue weighted by Crippen LogP contribution is -2.34. The molecule has 3 N–H and O–H groups in total. The molecule has 0 aliphatic rings. The van der Waals surface area contributed by atoms with Crippen molar-refractivity contribution in [2.45, 2.75) is 6.92 Å². The Hall–Kier alpha value is -3.00. The third-order valence-electron chi connectivity index (χ3n) is 3.01. The predicted molar refractivity (Wildman–Crippen MR) is 89.6 cm³/mol. The van der Waals surface area contributed by atoms with Gasteiger partial charge >= 0.3 is 0 Å².